The number of ether oxygens (including phenoxy) is 5. The molecule has 0 bridgehead atoms. The van der Waals surface area contributed by atoms with Crippen molar-refractivity contribution in [2.75, 3.05) is 13.7 Å². The predicted molar refractivity (Wildman–Crippen MR) is 284 cm³/mol. The Bertz CT molecular complexity index is 2640. The van der Waals surface area contributed by atoms with E-state index in [0.29, 0.717) is 34.0 Å². The van der Waals surface area contributed by atoms with Gasteiger partial charge in [0.1, 0.15) is 48.8 Å². The van der Waals surface area contributed by atoms with E-state index in [9.17, 15) is 33.9 Å². The van der Waals surface area contributed by atoms with Crippen molar-refractivity contribution >= 4 is 44.2 Å². The molecule has 17 heteroatoms. The van der Waals surface area contributed by atoms with Crippen LogP contribution in [0, 0.1) is 0 Å². The number of amides is 4. The number of benzene rings is 5. The number of rotatable bonds is 25. The molecule has 5 aromatic carbocycles. The van der Waals surface area contributed by atoms with Crippen LogP contribution in [0.3, 0.4) is 0 Å². The number of carbonyl (C=O) groups excluding carboxylic acids is 5. The zero-order valence-corrected chi connectivity index (χ0v) is 44.4. The number of esters is 1. The second-order valence-corrected chi connectivity index (χ2v) is 25.8. The number of alkyl carbamates (subject to hydrolysis) is 3. The lowest BCUT2D eigenvalue weighted by atomic mass is 9.86. The molecule has 0 unspecified atom stereocenters. The van der Waals surface area contributed by atoms with Crippen LogP contribution in [0.15, 0.2) is 133 Å². The Hall–Kier alpha value is -7.66. The van der Waals surface area contributed by atoms with Crippen molar-refractivity contribution in [3.8, 4) is 16.9 Å². The fourth-order valence-corrected chi connectivity index (χ4v) is 8.96. The van der Waals surface area contributed by atoms with Gasteiger partial charge in [0.2, 0.25) is 5.91 Å². The zero-order chi connectivity index (χ0) is 53.7. The Morgan fingerprint density at radius 1 is 0.635 bits per heavy atom. The summed E-state index contributed by atoms with van der Waals surface area (Å²) >= 11 is 0. The molecule has 5 N–H and O–H groups in total. The molecule has 3 atom stereocenters. The third-order valence-corrected chi connectivity index (χ3v) is 13.5. The summed E-state index contributed by atoms with van der Waals surface area (Å²) in [7, 11) is -0.657. The Kier molecular flexibility index (Phi) is 21.2. The first-order valence-electron chi connectivity index (χ1n) is 24.6. The molecule has 5 rings (SSSR count). The van der Waals surface area contributed by atoms with Crippen LogP contribution < -0.4 is 26.0 Å². The summed E-state index contributed by atoms with van der Waals surface area (Å²) in [6.07, 6.45) is -2.08. The highest BCUT2D eigenvalue weighted by molar-refractivity contribution is 6.76. The number of carboxylic acids is 1. The summed E-state index contributed by atoms with van der Waals surface area (Å²) in [5, 5.41) is 21.9. The largest absolute Gasteiger partial charge is 0.489 e. The molecule has 0 heterocycles. The van der Waals surface area contributed by atoms with Crippen molar-refractivity contribution in [1.29, 1.82) is 0 Å². The maximum absolute atomic E-state index is 14.0. The van der Waals surface area contributed by atoms with Gasteiger partial charge in [0.15, 0.2) is 0 Å². The Morgan fingerprint density at radius 3 is 1.77 bits per heavy atom. The zero-order valence-electron chi connectivity index (χ0n) is 43.4. The van der Waals surface area contributed by atoms with Gasteiger partial charge in [-0.2, -0.15) is 0 Å². The van der Waals surface area contributed by atoms with Gasteiger partial charge in [-0.1, -0.05) is 147 Å². The highest BCUT2D eigenvalue weighted by Gasteiger charge is 2.42. The summed E-state index contributed by atoms with van der Waals surface area (Å²) in [6.45, 7) is 11.8. The maximum atomic E-state index is 14.0. The van der Waals surface area contributed by atoms with E-state index in [1.54, 1.807) is 39.0 Å². The van der Waals surface area contributed by atoms with Gasteiger partial charge in [0, 0.05) is 27.5 Å². The lowest BCUT2D eigenvalue weighted by Crippen LogP contribution is -2.57. The second-order valence-electron chi connectivity index (χ2n) is 20.2. The van der Waals surface area contributed by atoms with Crippen molar-refractivity contribution in [2.24, 2.45) is 0 Å². The molecule has 394 valence electrons. The molecule has 0 aliphatic rings. The van der Waals surface area contributed by atoms with Gasteiger partial charge in [-0.15, -0.1) is 0 Å². The van der Waals surface area contributed by atoms with Gasteiger partial charge in [0.25, 0.3) is 0 Å². The van der Waals surface area contributed by atoms with Gasteiger partial charge in [-0.3, -0.25) is 4.79 Å². The normalized spacial score (nSPS) is 12.9. The Labute approximate surface area is 434 Å². The number of aliphatic carboxylic acids is 1. The van der Waals surface area contributed by atoms with Gasteiger partial charge in [-0.05, 0) is 91.1 Å². The summed E-state index contributed by atoms with van der Waals surface area (Å²) < 4.78 is 27.9. The molecule has 0 fully saturated rings. The van der Waals surface area contributed by atoms with Gasteiger partial charge in [0.05, 0.1) is 7.11 Å². The van der Waals surface area contributed by atoms with E-state index in [4.69, 9.17) is 23.7 Å². The number of hydrogen-bond donors (Lipinski definition) is 5. The van der Waals surface area contributed by atoms with Gasteiger partial charge < -0.3 is 50.1 Å². The molecule has 0 saturated carbocycles. The molecule has 16 nitrogen and oxygen atoms in total. The second kappa shape index (κ2) is 27.4. The summed E-state index contributed by atoms with van der Waals surface area (Å²) in [6, 6.07) is 38.8. The molecule has 0 aliphatic carbocycles. The monoisotopic (exact) mass is 1030 g/mol. The molecule has 74 heavy (non-hydrogen) atoms. The number of carbonyl (C=O) groups is 6. The molecule has 0 radical (unpaired) electrons. The van der Waals surface area contributed by atoms with Crippen molar-refractivity contribution in [3.63, 3.8) is 0 Å². The van der Waals surface area contributed by atoms with Crippen molar-refractivity contribution in [1.82, 2.24) is 21.3 Å². The summed E-state index contributed by atoms with van der Waals surface area (Å²) in [4.78, 5) is 79.9. The lowest BCUT2D eigenvalue weighted by molar-refractivity contribution is -0.145. The first-order chi connectivity index (χ1) is 35.2. The van der Waals surface area contributed by atoms with Crippen LogP contribution in [-0.2, 0) is 66.0 Å². The van der Waals surface area contributed by atoms with Crippen LogP contribution in [0.2, 0.25) is 25.7 Å². The maximum Gasteiger partial charge on any atom is 0.408 e. The van der Waals surface area contributed by atoms with E-state index in [1.807, 2.05) is 115 Å². The van der Waals surface area contributed by atoms with Crippen LogP contribution in [0.1, 0.15) is 67.9 Å². The molecular formula is C57H70N4O12Si. The molecule has 0 saturated heterocycles. The first-order valence-corrected chi connectivity index (χ1v) is 28.3. The number of carboxylic acid groups (broad SMARTS) is 1. The summed E-state index contributed by atoms with van der Waals surface area (Å²) in [5.41, 5.74) is 2.35. The highest BCUT2D eigenvalue weighted by Crippen LogP contribution is 2.34. The Morgan fingerprint density at radius 2 is 1.20 bits per heavy atom. The minimum atomic E-state index is -1.86. The van der Waals surface area contributed by atoms with E-state index >= 15 is 0 Å². The fraction of sp³-hybridized carbons (Fsp3) is 0.368. The van der Waals surface area contributed by atoms with E-state index in [2.05, 4.69) is 40.9 Å². The van der Waals surface area contributed by atoms with Gasteiger partial charge >= 0.3 is 30.2 Å². The van der Waals surface area contributed by atoms with Crippen LogP contribution >= 0.6 is 0 Å². The Balaban J connectivity index is 1.39. The van der Waals surface area contributed by atoms with Crippen LogP contribution in [0.5, 0.6) is 5.75 Å². The molecule has 0 spiro atoms. The minimum absolute atomic E-state index is 0.0147. The standard InChI is InChI=1S/C57H70N4O12Si/c1-56(2,3)73-54(67)60-47(27-18-31-58-53(66)71-38-41-21-13-9-14-22-41)50(62)59-48(51(63)69-4)34-43-25-17-26-44(33-43)45-28-29-49(70-37-40-19-11-8-12-20-40)46(35-45)36-57(52(64)65,30-32-74(5,6)7)61-55(68)72-39-42-23-15-10-16-24-42/h8-17,19-26,28-29,33,35,47-48H,18,27,30-32,34,36-39H2,1-7H3,(H,58,66)(H,59,62)(H,60,67)(H,61,68)(H,64,65)/t47-,48-,57+/m0/s1. The van der Waals surface area contributed by atoms with Crippen molar-refractivity contribution < 1.29 is 57.6 Å². The number of nitrogens with one attached hydrogen (secondary N) is 4. The van der Waals surface area contributed by atoms with E-state index < -0.39 is 67.4 Å². The third kappa shape index (κ3) is 19.4. The quantitative estimate of drug-likeness (QED) is 0.0160. The van der Waals surface area contributed by atoms with Crippen LogP contribution in [0.4, 0.5) is 14.4 Å². The predicted octanol–water partition coefficient (Wildman–Crippen LogP) is 9.75. The van der Waals surface area contributed by atoms with E-state index in [0.717, 1.165) is 16.7 Å². The number of hydrogen-bond acceptors (Lipinski definition) is 11. The molecular weight excluding hydrogens is 961 g/mol. The topological polar surface area (TPSA) is 217 Å². The van der Waals surface area contributed by atoms with E-state index in [-0.39, 0.29) is 58.5 Å². The molecule has 4 amide bonds. The molecule has 0 aromatic heterocycles. The summed E-state index contributed by atoms with van der Waals surface area (Å²) in [5.74, 6) is -2.21. The molecule has 0 aliphatic heterocycles. The highest BCUT2D eigenvalue weighted by atomic mass is 28.3. The van der Waals surface area contributed by atoms with E-state index in [1.165, 1.54) is 7.11 Å². The SMILES string of the molecule is COC(=O)[C@H](Cc1cccc(-c2ccc(OCc3ccccc3)c(C[C@@](CC[Si](C)(C)C)(NC(=O)OCc3ccccc3)C(=O)O)c2)c1)NC(=O)[C@H](CCCNC(=O)OCc1ccccc1)NC(=O)OC(C)(C)C. The van der Waals surface area contributed by atoms with Crippen molar-refractivity contribution in [2.45, 2.75) is 122 Å². The third-order valence-electron chi connectivity index (χ3n) is 11.7. The van der Waals surface area contributed by atoms with Crippen LogP contribution in [-0.4, -0.2) is 86.2 Å². The first kappa shape index (κ1) is 57.2. The van der Waals surface area contributed by atoms with Gasteiger partial charge in [-0.25, -0.2) is 24.0 Å². The average molecular weight is 1030 g/mol. The lowest BCUT2D eigenvalue weighted by Gasteiger charge is -2.33. The van der Waals surface area contributed by atoms with Crippen molar-refractivity contribution in [3.05, 3.63) is 161 Å². The smallest absolute Gasteiger partial charge is 0.408 e. The average Bonchev–Trinajstić information content (AvgIpc) is 3.36. The minimum Gasteiger partial charge on any atom is -0.489 e. The van der Waals surface area contributed by atoms with Crippen LogP contribution in [0.25, 0.3) is 11.1 Å². The number of methoxy groups -OCH3 is 1. The molecule has 5 aromatic rings. The fourth-order valence-electron chi connectivity index (χ4n) is 7.78.